The van der Waals surface area contributed by atoms with Gasteiger partial charge in [-0.2, -0.15) is 0 Å². The fourth-order valence-corrected chi connectivity index (χ4v) is 0.832. The van der Waals surface area contributed by atoms with Crippen molar-refractivity contribution >= 4 is 5.97 Å². The van der Waals surface area contributed by atoms with Gasteiger partial charge in [0.05, 0.1) is 6.61 Å². The van der Waals surface area contributed by atoms with Gasteiger partial charge in [-0.3, -0.25) is 0 Å². The maximum atomic E-state index is 10.8. The summed E-state index contributed by atoms with van der Waals surface area (Å²) in [6.45, 7) is 2.08. The first-order chi connectivity index (χ1) is 4.75. The SMILES string of the molecule is CCOC(=O)[C@@H](O)C1CC1. The fraction of sp³-hybridized carbons (Fsp3) is 0.857. The molecule has 0 unspecified atom stereocenters. The molecule has 10 heavy (non-hydrogen) atoms. The largest absolute Gasteiger partial charge is 0.464 e. The molecule has 1 aliphatic carbocycles. The molecule has 1 N–H and O–H groups in total. The third-order valence-electron chi connectivity index (χ3n) is 1.60. The number of rotatable bonds is 3. The van der Waals surface area contributed by atoms with Crippen LogP contribution in [0, 0.1) is 5.92 Å². The molecule has 0 aromatic heterocycles. The minimum atomic E-state index is -0.861. The topological polar surface area (TPSA) is 46.5 Å². The monoisotopic (exact) mass is 144 g/mol. The van der Waals surface area contributed by atoms with Crippen LogP contribution in [0.5, 0.6) is 0 Å². The zero-order chi connectivity index (χ0) is 7.56. The van der Waals surface area contributed by atoms with Gasteiger partial charge in [0.15, 0.2) is 6.10 Å². The molecule has 3 nitrogen and oxygen atoms in total. The number of hydrogen-bond donors (Lipinski definition) is 1. The highest BCUT2D eigenvalue weighted by Gasteiger charge is 2.35. The van der Waals surface area contributed by atoms with E-state index in [9.17, 15) is 4.79 Å². The van der Waals surface area contributed by atoms with Crippen LogP contribution in [-0.4, -0.2) is 23.8 Å². The van der Waals surface area contributed by atoms with Gasteiger partial charge in [-0.05, 0) is 25.7 Å². The van der Waals surface area contributed by atoms with Gasteiger partial charge in [0.1, 0.15) is 0 Å². The molecule has 58 valence electrons. The number of hydrogen-bond acceptors (Lipinski definition) is 3. The molecule has 0 spiro atoms. The smallest absolute Gasteiger partial charge is 0.335 e. The summed E-state index contributed by atoms with van der Waals surface area (Å²) >= 11 is 0. The number of ether oxygens (including phenoxy) is 1. The Morgan fingerprint density at radius 2 is 2.40 bits per heavy atom. The summed E-state index contributed by atoms with van der Waals surface area (Å²) in [5.41, 5.74) is 0. The van der Waals surface area contributed by atoms with E-state index in [-0.39, 0.29) is 5.92 Å². The van der Waals surface area contributed by atoms with Crippen LogP contribution in [0.25, 0.3) is 0 Å². The van der Waals surface area contributed by atoms with E-state index < -0.39 is 12.1 Å². The Hall–Kier alpha value is -0.570. The van der Waals surface area contributed by atoms with Crippen molar-refractivity contribution in [2.75, 3.05) is 6.61 Å². The molecule has 1 saturated carbocycles. The summed E-state index contributed by atoms with van der Waals surface area (Å²) in [7, 11) is 0. The van der Waals surface area contributed by atoms with Crippen LogP contribution in [0.3, 0.4) is 0 Å². The number of carbonyl (C=O) groups is 1. The minimum Gasteiger partial charge on any atom is -0.464 e. The lowest BCUT2D eigenvalue weighted by atomic mass is 10.2. The Morgan fingerprint density at radius 3 is 2.80 bits per heavy atom. The average molecular weight is 144 g/mol. The molecular formula is C7H12O3. The summed E-state index contributed by atoms with van der Waals surface area (Å²) in [5, 5.41) is 9.11. The van der Waals surface area contributed by atoms with Crippen molar-refractivity contribution in [2.24, 2.45) is 5.92 Å². The van der Waals surface area contributed by atoms with Crippen molar-refractivity contribution in [1.29, 1.82) is 0 Å². The van der Waals surface area contributed by atoms with E-state index in [4.69, 9.17) is 5.11 Å². The molecule has 1 fully saturated rings. The zero-order valence-electron chi connectivity index (χ0n) is 6.04. The number of esters is 1. The Bertz CT molecular complexity index is 129. The molecule has 0 aromatic carbocycles. The van der Waals surface area contributed by atoms with E-state index in [2.05, 4.69) is 4.74 Å². The van der Waals surface area contributed by atoms with Crippen molar-refractivity contribution in [3.63, 3.8) is 0 Å². The van der Waals surface area contributed by atoms with Crippen LogP contribution >= 0.6 is 0 Å². The van der Waals surface area contributed by atoms with Crippen LogP contribution in [0.1, 0.15) is 19.8 Å². The Morgan fingerprint density at radius 1 is 1.80 bits per heavy atom. The normalized spacial score (nSPS) is 20.2. The highest BCUT2D eigenvalue weighted by atomic mass is 16.5. The molecule has 1 rings (SSSR count). The van der Waals surface area contributed by atoms with Crippen LogP contribution in [0.2, 0.25) is 0 Å². The lowest BCUT2D eigenvalue weighted by Crippen LogP contribution is -2.24. The lowest BCUT2D eigenvalue weighted by Gasteiger charge is -2.06. The second-order valence-electron chi connectivity index (χ2n) is 2.53. The molecule has 1 aliphatic rings. The Kier molecular flexibility index (Phi) is 2.27. The second-order valence-corrected chi connectivity index (χ2v) is 2.53. The van der Waals surface area contributed by atoms with E-state index in [1.807, 2.05) is 0 Å². The van der Waals surface area contributed by atoms with Gasteiger partial charge in [-0.25, -0.2) is 4.79 Å². The van der Waals surface area contributed by atoms with Crippen molar-refractivity contribution < 1.29 is 14.6 Å². The first-order valence-corrected chi connectivity index (χ1v) is 3.60. The predicted molar refractivity (Wildman–Crippen MR) is 35.4 cm³/mol. The quantitative estimate of drug-likeness (QED) is 0.580. The molecule has 1 atom stereocenters. The zero-order valence-corrected chi connectivity index (χ0v) is 6.04. The maximum Gasteiger partial charge on any atom is 0.335 e. The second kappa shape index (κ2) is 3.01. The van der Waals surface area contributed by atoms with Gasteiger partial charge < -0.3 is 9.84 Å². The van der Waals surface area contributed by atoms with Crippen molar-refractivity contribution in [2.45, 2.75) is 25.9 Å². The van der Waals surface area contributed by atoms with Crippen LogP contribution in [0.4, 0.5) is 0 Å². The summed E-state index contributed by atoms with van der Waals surface area (Å²) in [6.07, 6.45) is 1.06. The van der Waals surface area contributed by atoms with Gasteiger partial charge >= 0.3 is 5.97 Å². The number of aliphatic hydroxyl groups excluding tert-OH is 1. The number of carbonyl (C=O) groups excluding carboxylic acids is 1. The first-order valence-electron chi connectivity index (χ1n) is 3.60. The molecule has 0 amide bonds. The summed E-state index contributed by atoms with van der Waals surface area (Å²) in [6, 6.07) is 0. The molecule has 0 radical (unpaired) electrons. The standard InChI is InChI=1S/C7H12O3/c1-2-10-7(9)6(8)5-3-4-5/h5-6,8H,2-4H2,1H3/t6-/m0/s1. The average Bonchev–Trinajstić information content (AvgIpc) is 2.68. The molecule has 0 saturated heterocycles. The van der Waals surface area contributed by atoms with E-state index in [1.165, 1.54) is 0 Å². The van der Waals surface area contributed by atoms with Crippen LogP contribution in [0.15, 0.2) is 0 Å². The predicted octanol–water partition coefficient (Wildman–Crippen LogP) is 0.320. The van der Waals surface area contributed by atoms with Crippen molar-refractivity contribution in [1.82, 2.24) is 0 Å². The molecule has 0 aromatic rings. The van der Waals surface area contributed by atoms with E-state index in [1.54, 1.807) is 6.92 Å². The van der Waals surface area contributed by atoms with Crippen molar-refractivity contribution in [3.05, 3.63) is 0 Å². The van der Waals surface area contributed by atoms with E-state index in [0.717, 1.165) is 12.8 Å². The third-order valence-corrected chi connectivity index (χ3v) is 1.60. The van der Waals surface area contributed by atoms with Gasteiger partial charge in [-0.1, -0.05) is 0 Å². The minimum absolute atomic E-state index is 0.180. The van der Waals surface area contributed by atoms with Crippen molar-refractivity contribution in [3.8, 4) is 0 Å². The lowest BCUT2D eigenvalue weighted by molar-refractivity contribution is -0.154. The summed E-state index contributed by atoms with van der Waals surface area (Å²) in [4.78, 5) is 10.8. The van der Waals surface area contributed by atoms with Gasteiger partial charge in [0.2, 0.25) is 0 Å². The summed E-state index contributed by atoms with van der Waals surface area (Å²) in [5.74, 6) is -0.288. The summed E-state index contributed by atoms with van der Waals surface area (Å²) < 4.78 is 4.62. The molecule has 0 heterocycles. The van der Waals surface area contributed by atoms with Gasteiger partial charge in [0, 0.05) is 0 Å². The van der Waals surface area contributed by atoms with Gasteiger partial charge in [-0.15, -0.1) is 0 Å². The third kappa shape index (κ3) is 1.70. The Labute approximate surface area is 60.0 Å². The Balaban J connectivity index is 2.24. The van der Waals surface area contributed by atoms with E-state index >= 15 is 0 Å². The van der Waals surface area contributed by atoms with Crippen LogP contribution < -0.4 is 0 Å². The number of aliphatic hydroxyl groups is 1. The molecule has 0 aliphatic heterocycles. The maximum absolute atomic E-state index is 10.8. The molecule has 3 heteroatoms. The van der Waals surface area contributed by atoms with Crippen LogP contribution in [-0.2, 0) is 9.53 Å². The van der Waals surface area contributed by atoms with Gasteiger partial charge in [0.25, 0.3) is 0 Å². The molecular weight excluding hydrogens is 132 g/mol. The molecule has 0 bridgehead atoms. The fourth-order valence-electron chi connectivity index (χ4n) is 0.832. The highest BCUT2D eigenvalue weighted by Crippen LogP contribution is 2.32. The highest BCUT2D eigenvalue weighted by molar-refractivity contribution is 5.75. The van der Waals surface area contributed by atoms with E-state index in [0.29, 0.717) is 6.61 Å². The first kappa shape index (κ1) is 7.54.